The van der Waals surface area contributed by atoms with Crippen LogP contribution in [0.1, 0.15) is 27.4 Å². The van der Waals surface area contributed by atoms with Gasteiger partial charge in [-0.2, -0.15) is 0 Å². The lowest BCUT2D eigenvalue weighted by molar-refractivity contribution is -0.126. The number of amides is 1. The molecule has 1 aliphatic heterocycles. The molecule has 3 aromatic rings. The number of ether oxygens (including phenoxy) is 1. The third-order valence-corrected chi connectivity index (χ3v) is 5.63. The van der Waals surface area contributed by atoms with Gasteiger partial charge in [0.2, 0.25) is 5.91 Å². The Morgan fingerprint density at radius 2 is 1.96 bits per heavy atom. The molecule has 4 nitrogen and oxygen atoms in total. The highest BCUT2D eigenvalue weighted by atomic mass is 32.1. The maximum atomic E-state index is 12.7. The van der Waals surface area contributed by atoms with Crippen LogP contribution in [-0.4, -0.2) is 22.3 Å². The molecule has 0 bridgehead atoms. The molecule has 142 valence electrons. The Balaban J connectivity index is 1.42. The summed E-state index contributed by atoms with van der Waals surface area (Å²) in [4.78, 5) is 19.0. The molecule has 4 rings (SSSR count). The minimum Gasteiger partial charge on any atom is -0.487 e. The van der Waals surface area contributed by atoms with Crippen molar-refractivity contribution in [2.45, 2.75) is 26.5 Å². The Morgan fingerprint density at radius 3 is 2.79 bits per heavy atom. The number of thiazole rings is 1. The van der Waals surface area contributed by atoms with E-state index in [1.165, 1.54) is 11.1 Å². The predicted molar refractivity (Wildman–Crippen MR) is 112 cm³/mol. The Labute approximate surface area is 169 Å². The first-order valence-corrected chi connectivity index (χ1v) is 10.2. The summed E-state index contributed by atoms with van der Waals surface area (Å²) in [5, 5.41) is 3.03. The second-order valence-electron chi connectivity index (χ2n) is 6.80. The Kier molecular flexibility index (Phi) is 5.53. The minimum absolute atomic E-state index is 0.0273. The Hall–Kier alpha value is -2.92. The lowest BCUT2D eigenvalue weighted by Crippen LogP contribution is -2.34. The zero-order chi connectivity index (χ0) is 19.3. The maximum absolute atomic E-state index is 12.7. The molecular weight excluding hydrogens is 368 g/mol. The minimum atomic E-state index is 0.0273. The van der Waals surface area contributed by atoms with Crippen LogP contribution in [-0.2, 0) is 24.4 Å². The summed E-state index contributed by atoms with van der Waals surface area (Å²) in [7, 11) is 0. The van der Waals surface area contributed by atoms with E-state index in [1.807, 2.05) is 53.6 Å². The first kappa shape index (κ1) is 18.4. The van der Waals surface area contributed by atoms with Gasteiger partial charge in [0.25, 0.3) is 0 Å². The van der Waals surface area contributed by atoms with Gasteiger partial charge in [0, 0.05) is 30.1 Å². The standard InChI is InChI=1S/C23H22N2O2S/c1-17-24-21(16-28-17)15-27-22-9-5-4-7-19(22)10-11-23(26)25-13-12-18-6-2-3-8-20(18)14-25/h2-11,16H,12-15H2,1H3/b11-10+. The average Bonchev–Trinajstić information content (AvgIpc) is 3.16. The molecule has 0 aliphatic carbocycles. The predicted octanol–water partition coefficient (Wildman–Crippen LogP) is 4.63. The molecule has 1 aromatic heterocycles. The number of aromatic nitrogens is 1. The molecule has 1 amide bonds. The van der Waals surface area contributed by atoms with Gasteiger partial charge < -0.3 is 9.64 Å². The van der Waals surface area contributed by atoms with Gasteiger partial charge in [-0.25, -0.2) is 4.98 Å². The highest BCUT2D eigenvalue weighted by Gasteiger charge is 2.18. The molecule has 0 fully saturated rings. The van der Waals surface area contributed by atoms with E-state index in [1.54, 1.807) is 17.4 Å². The number of carbonyl (C=O) groups excluding carboxylic acids is 1. The fourth-order valence-electron chi connectivity index (χ4n) is 3.33. The summed E-state index contributed by atoms with van der Waals surface area (Å²) in [6.07, 6.45) is 4.39. The summed E-state index contributed by atoms with van der Waals surface area (Å²) in [6, 6.07) is 16.1. The highest BCUT2D eigenvalue weighted by molar-refractivity contribution is 7.09. The van der Waals surface area contributed by atoms with E-state index in [-0.39, 0.29) is 5.91 Å². The van der Waals surface area contributed by atoms with E-state index in [4.69, 9.17) is 4.74 Å². The van der Waals surface area contributed by atoms with Gasteiger partial charge in [0.05, 0.1) is 10.7 Å². The smallest absolute Gasteiger partial charge is 0.246 e. The van der Waals surface area contributed by atoms with E-state index in [9.17, 15) is 4.79 Å². The number of hydrogen-bond donors (Lipinski definition) is 0. The van der Waals surface area contributed by atoms with Crippen LogP contribution in [0.25, 0.3) is 6.08 Å². The Morgan fingerprint density at radius 1 is 1.18 bits per heavy atom. The van der Waals surface area contributed by atoms with Crippen molar-refractivity contribution < 1.29 is 9.53 Å². The first-order valence-electron chi connectivity index (χ1n) is 9.35. The molecule has 0 spiro atoms. The summed E-state index contributed by atoms with van der Waals surface area (Å²) in [5.41, 5.74) is 4.38. The van der Waals surface area contributed by atoms with Crippen molar-refractivity contribution in [1.82, 2.24) is 9.88 Å². The Bertz CT molecular complexity index is 1010. The summed E-state index contributed by atoms with van der Waals surface area (Å²) in [5.74, 6) is 0.778. The third-order valence-electron chi connectivity index (χ3n) is 4.81. The zero-order valence-electron chi connectivity index (χ0n) is 15.8. The number of benzene rings is 2. The SMILES string of the molecule is Cc1nc(COc2ccccc2/C=C/C(=O)N2CCc3ccccc3C2)cs1. The summed E-state index contributed by atoms with van der Waals surface area (Å²) >= 11 is 1.61. The second kappa shape index (κ2) is 8.40. The highest BCUT2D eigenvalue weighted by Crippen LogP contribution is 2.22. The summed E-state index contributed by atoms with van der Waals surface area (Å²) < 4.78 is 5.93. The quantitative estimate of drug-likeness (QED) is 0.597. The van der Waals surface area contributed by atoms with Crippen molar-refractivity contribution in [3.8, 4) is 5.75 Å². The molecule has 0 atom stereocenters. The molecule has 2 heterocycles. The van der Waals surface area contributed by atoms with E-state index in [0.29, 0.717) is 13.2 Å². The molecule has 2 aromatic carbocycles. The maximum Gasteiger partial charge on any atom is 0.246 e. The van der Waals surface area contributed by atoms with Crippen molar-refractivity contribution in [3.05, 3.63) is 87.4 Å². The number of aryl methyl sites for hydroxylation is 1. The van der Waals surface area contributed by atoms with E-state index in [0.717, 1.165) is 35.0 Å². The lowest BCUT2D eigenvalue weighted by atomic mass is 10.00. The molecule has 0 saturated heterocycles. The molecule has 1 aliphatic rings. The zero-order valence-corrected chi connectivity index (χ0v) is 16.6. The number of fused-ring (bicyclic) bond motifs is 1. The van der Waals surface area contributed by atoms with Crippen molar-refractivity contribution in [1.29, 1.82) is 0 Å². The molecule has 0 N–H and O–H groups in total. The molecule has 5 heteroatoms. The fraction of sp³-hybridized carbons (Fsp3) is 0.217. The van der Waals surface area contributed by atoms with Crippen molar-refractivity contribution in [2.24, 2.45) is 0 Å². The van der Waals surface area contributed by atoms with E-state index < -0.39 is 0 Å². The van der Waals surface area contributed by atoms with Gasteiger partial charge in [-0.3, -0.25) is 4.79 Å². The van der Waals surface area contributed by atoms with Gasteiger partial charge in [0.1, 0.15) is 12.4 Å². The van der Waals surface area contributed by atoms with Crippen LogP contribution in [0.2, 0.25) is 0 Å². The molecule has 28 heavy (non-hydrogen) atoms. The van der Waals surface area contributed by atoms with Gasteiger partial charge in [-0.15, -0.1) is 11.3 Å². The monoisotopic (exact) mass is 390 g/mol. The van der Waals surface area contributed by atoms with Gasteiger partial charge >= 0.3 is 0 Å². The van der Waals surface area contributed by atoms with Crippen molar-refractivity contribution in [3.63, 3.8) is 0 Å². The van der Waals surface area contributed by atoms with Crippen molar-refractivity contribution in [2.75, 3.05) is 6.54 Å². The molecule has 0 saturated carbocycles. The van der Waals surface area contributed by atoms with Gasteiger partial charge in [-0.05, 0) is 36.6 Å². The lowest BCUT2D eigenvalue weighted by Gasteiger charge is -2.27. The van der Waals surface area contributed by atoms with Crippen LogP contribution in [0, 0.1) is 6.92 Å². The first-order chi connectivity index (χ1) is 13.7. The van der Waals surface area contributed by atoms with Crippen LogP contribution in [0.5, 0.6) is 5.75 Å². The molecule has 0 unspecified atom stereocenters. The van der Waals surface area contributed by atoms with Gasteiger partial charge in [0.15, 0.2) is 0 Å². The largest absolute Gasteiger partial charge is 0.487 e. The number of nitrogens with zero attached hydrogens (tertiary/aromatic N) is 2. The van der Waals surface area contributed by atoms with Crippen LogP contribution >= 0.6 is 11.3 Å². The molecular formula is C23H22N2O2S. The summed E-state index contributed by atoms with van der Waals surface area (Å²) in [6.45, 7) is 3.82. The van der Waals surface area contributed by atoms with Crippen LogP contribution in [0.4, 0.5) is 0 Å². The number of rotatable bonds is 5. The number of carbonyl (C=O) groups is 1. The van der Waals surface area contributed by atoms with Crippen LogP contribution in [0.15, 0.2) is 60.0 Å². The van der Waals surface area contributed by atoms with E-state index >= 15 is 0 Å². The van der Waals surface area contributed by atoms with E-state index in [2.05, 4.69) is 23.2 Å². The molecule has 0 radical (unpaired) electrons. The number of hydrogen-bond acceptors (Lipinski definition) is 4. The van der Waals surface area contributed by atoms with Crippen LogP contribution in [0.3, 0.4) is 0 Å². The normalized spacial score (nSPS) is 13.5. The second-order valence-corrected chi connectivity index (χ2v) is 7.86. The van der Waals surface area contributed by atoms with Gasteiger partial charge in [-0.1, -0.05) is 42.5 Å². The average molecular weight is 391 g/mol. The topological polar surface area (TPSA) is 42.4 Å². The van der Waals surface area contributed by atoms with Crippen LogP contribution < -0.4 is 4.74 Å². The third kappa shape index (κ3) is 4.31. The fourth-order valence-corrected chi connectivity index (χ4v) is 3.92. The number of para-hydroxylation sites is 1. The van der Waals surface area contributed by atoms with Crippen molar-refractivity contribution >= 4 is 23.3 Å².